The Morgan fingerprint density at radius 3 is 3.12 bits per heavy atom. The van der Waals surface area contributed by atoms with E-state index in [0.717, 1.165) is 31.3 Å². The Morgan fingerprint density at radius 1 is 1.25 bits per heavy atom. The van der Waals surface area contributed by atoms with Gasteiger partial charge in [0.1, 0.15) is 5.69 Å². The van der Waals surface area contributed by atoms with Gasteiger partial charge in [0.05, 0.1) is 11.8 Å². The van der Waals surface area contributed by atoms with Crippen molar-refractivity contribution in [3.05, 3.63) is 59.5 Å². The molecule has 1 aliphatic heterocycles. The van der Waals surface area contributed by atoms with E-state index in [2.05, 4.69) is 39.2 Å². The lowest BCUT2D eigenvalue weighted by atomic mass is 9.88. The number of hydrogen-bond donors (Lipinski definition) is 1. The second kappa shape index (κ2) is 5.16. The summed E-state index contributed by atoms with van der Waals surface area (Å²) in [6.45, 7) is 0.814. The number of hydrogen-bond acceptors (Lipinski definition) is 3. The fourth-order valence-electron chi connectivity index (χ4n) is 4.32. The molecule has 2 aromatic heterocycles. The van der Waals surface area contributed by atoms with Crippen LogP contribution in [-0.4, -0.2) is 38.3 Å². The molecule has 2 unspecified atom stereocenters. The normalized spacial score (nSPS) is 22.4. The average molecular weight is 320 g/mol. The number of amides is 1. The molecule has 1 N–H and O–H groups in total. The maximum atomic E-state index is 13.1. The first-order valence-electron chi connectivity index (χ1n) is 8.50. The number of carbonyl (C=O) groups is 1. The lowest BCUT2D eigenvalue weighted by Gasteiger charge is -2.37. The highest BCUT2D eigenvalue weighted by atomic mass is 16.2. The zero-order valence-corrected chi connectivity index (χ0v) is 13.3. The zero-order chi connectivity index (χ0) is 16.1. The number of piperidine rings is 1. The van der Waals surface area contributed by atoms with E-state index in [-0.39, 0.29) is 13.4 Å². The van der Waals surface area contributed by atoms with Crippen LogP contribution in [0.15, 0.2) is 42.7 Å². The van der Waals surface area contributed by atoms with Crippen LogP contribution < -0.4 is 0 Å². The van der Waals surface area contributed by atoms with Crippen LogP contribution in [0.5, 0.6) is 0 Å². The highest BCUT2D eigenvalue weighted by Gasteiger charge is 2.40. The molecule has 1 saturated heterocycles. The first-order valence-corrected chi connectivity index (χ1v) is 8.50. The standard InChI is InChI=1S/C19H18N4O.H2/c24-19(16-8-7-15-18(22-16)21-11-20-15)23-9-3-6-14-13-5-2-1-4-12(13)10-17(14)23;/h1-2,4-5,7-8,11,14,17H,3,6,9-10H2,(H,20,21,22);1H. The van der Waals surface area contributed by atoms with Gasteiger partial charge < -0.3 is 9.88 Å². The third-order valence-corrected chi connectivity index (χ3v) is 5.42. The molecule has 2 atom stereocenters. The Bertz CT molecular complexity index is 938. The first-order chi connectivity index (χ1) is 11.8. The van der Waals surface area contributed by atoms with Gasteiger partial charge in [0.2, 0.25) is 0 Å². The van der Waals surface area contributed by atoms with Gasteiger partial charge in [-0.3, -0.25) is 4.79 Å². The van der Waals surface area contributed by atoms with Crippen molar-refractivity contribution in [3.8, 4) is 0 Å². The van der Waals surface area contributed by atoms with E-state index in [4.69, 9.17) is 0 Å². The summed E-state index contributed by atoms with van der Waals surface area (Å²) in [6.07, 6.45) is 4.77. The van der Waals surface area contributed by atoms with Crippen LogP contribution in [0.1, 0.15) is 41.8 Å². The number of likely N-dealkylation sites (tertiary alicyclic amines) is 1. The van der Waals surface area contributed by atoms with E-state index in [9.17, 15) is 4.79 Å². The minimum atomic E-state index is 0. The van der Waals surface area contributed by atoms with Gasteiger partial charge in [0.25, 0.3) is 5.91 Å². The smallest absolute Gasteiger partial charge is 0.272 e. The molecule has 5 heteroatoms. The van der Waals surface area contributed by atoms with Crippen molar-refractivity contribution in [1.29, 1.82) is 0 Å². The molecule has 2 aliphatic rings. The van der Waals surface area contributed by atoms with E-state index >= 15 is 0 Å². The molecule has 122 valence electrons. The summed E-state index contributed by atoms with van der Waals surface area (Å²) in [4.78, 5) is 26.7. The Balaban J connectivity index is 0.00000157. The number of rotatable bonds is 1. The SMILES string of the molecule is O=C(c1ccc2[nH]cnc2n1)N1CCCC2c3ccccc3CC21.[HH]. The molecule has 3 aromatic rings. The summed E-state index contributed by atoms with van der Waals surface area (Å²) >= 11 is 0. The highest BCUT2D eigenvalue weighted by Crippen LogP contribution is 2.42. The molecule has 3 heterocycles. The number of aromatic nitrogens is 3. The van der Waals surface area contributed by atoms with Crippen LogP contribution in [0.25, 0.3) is 11.2 Å². The van der Waals surface area contributed by atoms with Crippen molar-refractivity contribution in [2.75, 3.05) is 6.54 Å². The third kappa shape index (κ3) is 1.97. The number of nitrogens with one attached hydrogen (secondary N) is 1. The number of pyridine rings is 1. The molecule has 1 amide bonds. The van der Waals surface area contributed by atoms with E-state index in [1.807, 2.05) is 11.0 Å². The van der Waals surface area contributed by atoms with Crippen LogP contribution in [0.3, 0.4) is 0 Å². The Kier molecular flexibility index (Phi) is 2.95. The fraction of sp³-hybridized carbons (Fsp3) is 0.316. The number of imidazole rings is 1. The van der Waals surface area contributed by atoms with Gasteiger partial charge in [-0.1, -0.05) is 24.3 Å². The number of nitrogens with zero attached hydrogens (tertiary/aromatic N) is 3. The van der Waals surface area contributed by atoms with Crippen molar-refractivity contribution in [2.24, 2.45) is 0 Å². The van der Waals surface area contributed by atoms with Crippen LogP contribution in [-0.2, 0) is 6.42 Å². The molecule has 1 aromatic carbocycles. The van der Waals surface area contributed by atoms with E-state index in [1.54, 1.807) is 12.4 Å². The Morgan fingerprint density at radius 2 is 2.17 bits per heavy atom. The molecule has 0 saturated carbocycles. The van der Waals surface area contributed by atoms with Crippen molar-refractivity contribution >= 4 is 17.1 Å². The third-order valence-electron chi connectivity index (χ3n) is 5.42. The Labute approximate surface area is 141 Å². The predicted octanol–water partition coefficient (Wildman–Crippen LogP) is 3.15. The van der Waals surface area contributed by atoms with E-state index in [1.165, 1.54) is 11.1 Å². The van der Waals surface area contributed by atoms with Gasteiger partial charge >= 0.3 is 0 Å². The summed E-state index contributed by atoms with van der Waals surface area (Å²) in [5.74, 6) is 0.496. The maximum absolute atomic E-state index is 13.1. The van der Waals surface area contributed by atoms with Crippen LogP contribution in [0.4, 0.5) is 0 Å². The minimum absolute atomic E-state index is 0. The minimum Gasteiger partial charge on any atom is -0.343 e. The number of carbonyl (C=O) groups excluding carboxylic acids is 1. The van der Waals surface area contributed by atoms with Crippen molar-refractivity contribution in [2.45, 2.75) is 31.2 Å². The van der Waals surface area contributed by atoms with Crippen molar-refractivity contribution in [1.82, 2.24) is 19.9 Å². The number of benzene rings is 1. The van der Waals surface area contributed by atoms with Crippen LogP contribution in [0.2, 0.25) is 0 Å². The fourth-order valence-corrected chi connectivity index (χ4v) is 4.32. The lowest BCUT2D eigenvalue weighted by Crippen LogP contribution is -2.46. The highest BCUT2D eigenvalue weighted by molar-refractivity contribution is 5.94. The number of H-pyrrole nitrogens is 1. The molecular weight excluding hydrogens is 300 g/mol. The van der Waals surface area contributed by atoms with E-state index < -0.39 is 0 Å². The second-order valence-electron chi connectivity index (χ2n) is 6.69. The summed E-state index contributed by atoms with van der Waals surface area (Å²) in [7, 11) is 0. The molecular formula is C19H20N4O. The van der Waals surface area contributed by atoms with E-state index in [0.29, 0.717) is 17.3 Å². The zero-order valence-electron chi connectivity index (χ0n) is 13.3. The maximum Gasteiger partial charge on any atom is 0.272 e. The molecule has 5 rings (SSSR count). The van der Waals surface area contributed by atoms with Crippen molar-refractivity contribution < 1.29 is 6.22 Å². The monoisotopic (exact) mass is 320 g/mol. The topological polar surface area (TPSA) is 61.9 Å². The summed E-state index contributed by atoms with van der Waals surface area (Å²) in [6, 6.07) is 12.6. The largest absolute Gasteiger partial charge is 0.343 e. The quantitative estimate of drug-likeness (QED) is 0.749. The van der Waals surface area contributed by atoms with Gasteiger partial charge in [-0.2, -0.15) is 0 Å². The summed E-state index contributed by atoms with van der Waals surface area (Å²) < 4.78 is 0. The molecule has 5 nitrogen and oxygen atoms in total. The lowest BCUT2D eigenvalue weighted by molar-refractivity contribution is 0.0589. The Hall–Kier alpha value is -2.69. The second-order valence-corrected chi connectivity index (χ2v) is 6.69. The van der Waals surface area contributed by atoms with Gasteiger partial charge in [0.15, 0.2) is 5.65 Å². The number of aromatic amines is 1. The van der Waals surface area contributed by atoms with Crippen LogP contribution >= 0.6 is 0 Å². The average Bonchev–Trinajstić information content (AvgIpc) is 3.24. The summed E-state index contributed by atoms with van der Waals surface area (Å²) in [5.41, 5.74) is 4.77. The van der Waals surface area contributed by atoms with Gasteiger partial charge in [-0.15, -0.1) is 0 Å². The van der Waals surface area contributed by atoms with Gasteiger partial charge in [0, 0.05) is 19.9 Å². The molecule has 1 aliphatic carbocycles. The van der Waals surface area contributed by atoms with Gasteiger partial charge in [-0.25, -0.2) is 9.97 Å². The van der Waals surface area contributed by atoms with Gasteiger partial charge in [-0.05, 0) is 42.5 Å². The number of fused-ring (bicyclic) bond motifs is 4. The first kappa shape index (κ1) is 13.7. The van der Waals surface area contributed by atoms with Crippen molar-refractivity contribution in [3.63, 3.8) is 0 Å². The summed E-state index contributed by atoms with van der Waals surface area (Å²) in [5, 5.41) is 0. The molecule has 1 fully saturated rings. The molecule has 0 spiro atoms. The molecule has 0 radical (unpaired) electrons. The molecule has 24 heavy (non-hydrogen) atoms. The predicted molar refractivity (Wildman–Crippen MR) is 92.9 cm³/mol. The molecule has 0 bridgehead atoms. The van der Waals surface area contributed by atoms with Crippen LogP contribution in [0, 0.1) is 0 Å².